The van der Waals surface area contributed by atoms with Crippen molar-refractivity contribution in [2.45, 2.75) is 0 Å². The molecule has 6 nitrogen and oxygen atoms in total. The Kier molecular flexibility index (Phi) is 5.86. The largest absolute Gasteiger partial charge is 0.456 e. The summed E-state index contributed by atoms with van der Waals surface area (Å²) in [5.74, 6) is 1.67. The minimum absolute atomic E-state index is 0.524. The molecule has 0 unspecified atom stereocenters. The topological polar surface area (TPSA) is 69.9 Å². The molecule has 0 aliphatic heterocycles. The van der Waals surface area contributed by atoms with E-state index in [0.29, 0.717) is 17.6 Å². The molecule has 7 aromatic carbocycles. The molecule has 0 fully saturated rings. The van der Waals surface area contributed by atoms with E-state index in [1.165, 1.54) is 0 Å². The van der Waals surface area contributed by atoms with Gasteiger partial charge in [0.05, 0.1) is 16.4 Å². The van der Waals surface area contributed by atoms with Gasteiger partial charge in [0, 0.05) is 38.1 Å². The maximum Gasteiger partial charge on any atom is 0.238 e. The Bertz CT molecular complexity index is 3140. The molecule has 0 saturated heterocycles. The standard InChI is InChI=1S/C45H26N4O2/c1-3-13-27(14-4-1)29-19-11-23-36-39(29)40-33(20-12-24-37(40)51-36)44-46-43(28-15-5-2-6-16-28)47-45(48-44)49-34-21-9-7-17-30(34)31-25-26-38-41(42(31)49)32-18-8-10-22-35(32)50-38/h1-26H. The Hall–Kier alpha value is -7.05. The first kappa shape index (κ1) is 27.9. The highest BCUT2D eigenvalue weighted by Gasteiger charge is 2.23. The number of benzene rings is 7. The first-order chi connectivity index (χ1) is 25.3. The van der Waals surface area contributed by atoms with Gasteiger partial charge in [0.25, 0.3) is 0 Å². The molecule has 0 radical (unpaired) electrons. The third-order valence-electron chi connectivity index (χ3n) is 9.88. The molecule has 238 valence electrons. The summed E-state index contributed by atoms with van der Waals surface area (Å²) in [6.07, 6.45) is 0. The van der Waals surface area contributed by atoms with Crippen LogP contribution in [0, 0.1) is 0 Å². The summed E-state index contributed by atoms with van der Waals surface area (Å²) in [6.45, 7) is 0. The van der Waals surface area contributed by atoms with Crippen molar-refractivity contribution in [3.05, 3.63) is 158 Å². The van der Waals surface area contributed by atoms with E-state index >= 15 is 0 Å². The van der Waals surface area contributed by atoms with Gasteiger partial charge in [0.1, 0.15) is 22.3 Å². The van der Waals surface area contributed by atoms with Crippen LogP contribution in [0.25, 0.3) is 106 Å². The highest BCUT2D eigenvalue weighted by atomic mass is 16.3. The molecule has 6 heteroatoms. The molecule has 0 saturated carbocycles. The van der Waals surface area contributed by atoms with Crippen LogP contribution in [-0.2, 0) is 0 Å². The van der Waals surface area contributed by atoms with Crippen molar-refractivity contribution in [3.63, 3.8) is 0 Å². The van der Waals surface area contributed by atoms with Crippen molar-refractivity contribution >= 4 is 65.7 Å². The van der Waals surface area contributed by atoms with Crippen LogP contribution in [0.4, 0.5) is 0 Å². The zero-order valence-corrected chi connectivity index (χ0v) is 27.1. The molecule has 51 heavy (non-hydrogen) atoms. The second kappa shape index (κ2) is 10.7. The normalized spacial score (nSPS) is 11.9. The number of nitrogens with zero attached hydrogens (tertiary/aromatic N) is 4. The van der Waals surface area contributed by atoms with Crippen LogP contribution in [0.1, 0.15) is 0 Å². The SMILES string of the molecule is c1ccc(-c2nc(-c3cccc4oc5cccc(-c6ccccc6)c5c34)nc(-n3c4ccccc4c4ccc5oc6ccccc6c5c43)n2)cc1. The van der Waals surface area contributed by atoms with E-state index in [9.17, 15) is 0 Å². The van der Waals surface area contributed by atoms with E-state index in [1.54, 1.807) is 0 Å². The monoisotopic (exact) mass is 654 g/mol. The van der Waals surface area contributed by atoms with Crippen LogP contribution in [0.3, 0.4) is 0 Å². The minimum atomic E-state index is 0.524. The molecule has 0 spiro atoms. The van der Waals surface area contributed by atoms with Crippen molar-refractivity contribution in [2.75, 3.05) is 0 Å². The summed E-state index contributed by atoms with van der Waals surface area (Å²) in [7, 11) is 0. The Morgan fingerprint density at radius 1 is 0.373 bits per heavy atom. The molecular formula is C45H26N4O2. The van der Waals surface area contributed by atoms with Crippen molar-refractivity contribution in [3.8, 4) is 39.9 Å². The maximum atomic E-state index is 6.50. The molecule has 0 aliphatic carbocycles. The first-order valence-corrected chi connectivity index (χ1v) is 17.0. The van der Waals surface area contributed by atoms with Crippen molar-refractivity contribution in [1.82, 2.24) is 19.5 Å². The number of hydrogen-bond donors (Lipinski definition) is 0. The van der Waals surface area contributed by atoms with E-state index in [4.69, 9.17) is 23.8 Å². The Morgan fingerprint density at radius 2 is 0.961 bits per heavy atom. The molecule has 4 heterocycles. The predicted octanol–water partition coefficient (Wildman–Crippen LogP) is 11.8. The van der Waals surface area contributed by atoms with Gasteiger partial charge >= 0.3 is 0 Å². The van der Waals surface area contributed by atoms with Crippen molar-refractivity contribution < 1.29 is 8.83 Å². The Morgan fingerprint density at radius 3 is 1.76 bits per heavy atom. The lowest BCUT2D eigenvalue weighted by Gasteiger charge is -2.12. The van der Waals surface area contributed by atoms with Gasteiger partial charge in [0.15, 0.2) is 11.6 Å². The van der Waals surface area contributed by atoms with Gasteiger partial charge in [-0.15, -0.1) is 0 Å². The minimum Gasteiger partial charge on any atom is -0.456 e. The third-order valence-corrected chi connectivity index (χ3v) is 9.88. The lowest BCUT2D eigenvalue weighted by atomic mass is 9.97. The zero-order valence-electron chi connectivity index (χ0n) is 27.1. The first-order valence-electron chi connectivity index (χ1n) is 17.0. The lowest BCUT2D eigenvalue weighted by Crippen LogP contribution is -2.06. The fraction of sp³-hybridized carbons (Fsp3) is 0. The van der Waals surface area contributed by atoms with E-state index in [2.05, 4.69) is 89.5 Å². The van der Waals surface area contributed by atoms with Gasteiger partial charge in [0.2, 0.25) is 5.95 Å². The summed E-state index contributed by atoms with van der Waals surface area (Å²) in [5.41, 5.74) is 9.21. The molecule has 0 amide bonds. The molecule has 0 aliphatic rings. The third kappa shape index (κ3) is 4.14. The van der Waals surface area contributed by atoms with Crippen LogP contribution in [0.15, 0.2) is 167 Å². The summed E-state index contributed by atoms with van der Waals surface area (Å²) in [5, 5.41) is 6.27. The Labute approximate surface area is 290 Å². The van der Waals surface area contributed by atoms with Gasteiger partial charge < -0.3 is 8.83 Å². The average molecular weight is 655 g/mol. The van der Waals surface area contributed by atoms with Gasteiger partial charge in [-0.1, -0.05) is 121 Å². The highest BCUT2D eigenvalue weighted by molar-refractivity contribution is 6.24. The number of furan rings is 2. The van der Waals surface area contributed by atoms with Crippen LogP contribution in [0.5, 0.6) is 0 Å². The van der Waals surface area contributed by atoms with Crippen LogP contribution in [0.2, 0.25) is 0 Å². The van der Waals surface area contributed by atoms with Gasteiger partial charge in [-0.2, -0.15) is 9.97 Å². The Balaban J connectivity index is 1.27. The molecular weight excluding hydrogens is 629 g/mol. The van der Waals surface area contributed by atoms with Gasteiger partial charge in [-0.05, 0) is 47.5 Å². The van der Waals surface area contributed by atoms with E-state index in [0.717, 1.165) is 87.9 Å². The van der Waals surface area contributed by atoms with Crippen LogP contribution in [-0.4, -0.2) is 19.5 Å². The van der Waals surface area contributed by atoms with E-state index in [1.807, 2.05) is 72.8 Å². The van der Waals surface area contributed by atoms with Gasteiger partial charge in [-0.3, -0.25) is 4.57 Å². The number of aromatic nitrogens is 4. The summed E-state index contributed by atoms with van der Waals surface area (Å²) in [6, 6.07) is 53.7. The van der Waals surface area contributed by atoms with Crippen LogP contribution < -0.4 is 0 Å². The van der Waals surface area contributed by atoms with E-state index in [-0.39, 0.29) is 0 Å². The zero-order chi connectivity index (χ0) is 33.5. The fourth-order valence-corrected chi connectivity index (χ4v) is 7.69. The van der Waals surface area contributed by atoms with Crippen molar-refractivity contribution in [1.29, 1.82) is 0 Å². The van der Waals surface area contributed by atoms with E-state index < -0.39 is 0 Å². The molecule has 11 aromatic rings. The quantitative estimate of drug-likeness (QED) is 0.189. The second-order valence-electron chi connectivity index (χ2n) is 12.8. The number of hydrogen-bond acceptors (Lipinski definition) is 5. The lowest BCUT2D eigenvalue weighted by molar-refractivity contribution is 0.668. The molecule has 0 atom stereocenters. The highest BCUT2D eigenvalue weighted by Crippen LogP contribution is 2.43. The van der Waals surface area contributed by atoms with Crippen LogP contribution >= 0.6 is 0 Å². The fourth-order valence-electron chi connectivity index (χ4n) is 7.69. The second-order valence-corrected chi connectivity index (χ2v) is 12.8. The summed E-state index contributed by atoms with van der Waals surface area (Å²) >= 11 is 0. The molecule has 4 aromatic heterocycles. The molecule has 0 bridgehead atoms. The number of fused-ring (bicyclic) bond motifs is 10. The maximum absolute atomic E-state index is 6.50. The average Bonchev–Trinajstić information content (AvgIpc) is 3.88. The smallest absolute Gasteiger partial charge is 0.238 e. The predicted molar refractivity (Wildman–Crippen MR) is 205 cm³/mol. The summed E-state index contributed by atoms with van der Waals surface area (Å²) in [4.78, 5) is 15.8. The number of rotatable bonds is 4. The number of para-hydroxylation sites is 2. The molecule has 11 rings (SSSR count). The summed E-state index contributed by atoms with van der Waals surface area (Å²) < 4.78 is 15.1. The van der Waals surface area contributed by atoms with Crippen molar-refractivity contribution in [2.24, 2.45) is 0 Å². The van der Waals surface area contributed by atoms with Gasteiger partial charge in [-0.25, -0.2) is 4.98 Å². The molecule has 0 N–H and O–H groups in total.